The van der Waals surface area contributed by atoms with Crippen molar-refractivity contribution < 1.29 is 0 Å². The number of anilines is 1. The van der Waals surface area contributed by atoms with E-state index in [2.05, 4.69) is 28.9 Å². The van der Waals surface area contributed by atoms with Crippen molar-refractivity contribution in [3.05, 3.63) is 16.8 Å². The van der Waals surface area contributed by atoms with Crippen LogP contribution in [0.3, 0.4) is 0 Å². The minimum Gasteiger partial charge on any atom is -0.381 e. The molecule has 1 fully saturated rings. The lowest BCUT2D eigenvalue weighted by atomic mass is 9.97. The van der Waals surface area contributed by atoms with Crippen molar-refractivity contribution in [3.63, 3.8) is 0 Å². The molecule has 5 heteroatoms. The number of halogens is 1. The van der Waals surface area contributed by atoms with E-state index >= 15 is 0 Å². The summed E-state index contributed by atoms with van der Waals surface area (Å²) in [4.78, 5) is 2.46. The van der Waals surface area contributed by atoms with Gasteiger partial charge in [-0.3, -0.25) is 4.90 Å². The van der Waals surface area contributed by atoms with Gasteiger partial charge in [0.25, 0.3) is 0 Å². The maximum absolute atomic E-state index is 6.01. The van der Waals surface area contributed by atoms with Crippen LogP contribution in [0.4, 0.5) is 5.82 Å². The smallest absolute Gasteiger partial charge is 0.164 e. The molecule has 1 aliphatic rings. The zero-order valence-electron chi connectivity index (χ0n) is 10.4. The third kappa shape index (κ3) is 2.69. The topological polar surface area (TPSA) is 55.0 Å². The Morgan fingerprint density at radius 1 is 1.41 bits per heavy atom. The van der Waals surface area contributed by atoms with Gasteiger partial charge in [0.1, 0.15) is 0 Å². The summed E-state index contributed by atoms with van der Waals surface area (Å²) in [6, 6.07) is 2.70. The Labute approximate surface area is 107 Å². The number of nitrogens with zero attached hydrogens (tertiary/aromatic N) is 3. The van der Waals surface area contributed by atoms with E-state index in [0.29, 0.717) is 22.9 Å². The standard InChI is InChI=1S/C12H19ClN4/c1-8(2)17-6-4-3-5-11(17)10-7-9(13)12(14)16-15-10/h7-8,11H,3-6H2,1-2H3,(H2,14,16). The zero-order chi connectivity index (χ0) is 12.4. The molecule has 1 aromatic rings. The van der Waals surface area contributed by atoms with Crippen molar-refractivity contribution in [3.8, 4) is 0 Å². The Bertz CT molecular complexity index is 394. The number of aromatic nitrogens is 2. The van der Waals surface area contributed by atoms with Gasteiger partial charge in [0.15, 0.2) is 5.82 Å². The van der Waals surface area contributed by atoms with E-state index in [0.717, 1.165) is 18.7 Å². The van der Waals surface area contributed by atoms with E-state index in [-0.39, 0.29) is 0 Å². The van der Waals surface area contributed by atoms with Crippen molar-refractivity contribution in [1.29, 1.82) is 0 Å². The van der Waals surface area contributed by atoms with Gasteiger partial charge in [-0.05, 0) is 39.3 Å². The van der Waals surface area contributed by atoms with Crippen LogP contribution in [0.25, 0.3) is 0 Å². The fourth-order valence-corrected chi connectivity index (χ4v) is 2.59. The second-order valence-electron chi connectivity index (χ2n) is 4.85. The van der Waals surface area contributed by atoms with E-state index in [1.165, 1.54) is 12.8 Å². The molecule has 1 aliphatic heterocycles. The molecule has 0 bridgehead atoms. The maximum atomic E-state index is 6.01. The SMILES string of the molecule is CC(C)N1CCCCC1c1cc(Cl)c(N)nn1. The minimum atomic E-state index is 0.308. The van der Waals surface area contributed by atoms with Crippen molar-refractivity contribution in [2.24, 2.45) is 0 Å². The van der Waals surface area contributed by atoms with E-state index in [9.17, 15) is 0 Å². The molecule has 0 aliphatic carbocycles. The summed E-state index contributed by atoms with van der Waals surface area (Å²) in [5, 5.41) is 8.62. The summed E-state index contributed by atoms with van der Waals surface area (Å²) in [7, 11) is 0. The largest absolute Gasteiger partial charge is 0.381 e. The predicted octanol–water partition coefficient (Wildman–Crippen LogP) is 2.65. The van der Waals surface area contributed by atoms with Crippen LogP contribution in [0, 0.1) is 0 Å². The summed E-state index contributed by atoms with van der Waals surface area (Å²) in [5.74, 6) is 0.308. The number of hydrogen-bond acceptors (Lipinski definition) is 4. The normalized spacial score (nSPS) is 22.0. The van der Waals surface area contributed by atoms with Crippen LogP contribution < -0.4 is 5.73 Å². The van der Waals surface area contributed by atoms with Gasteiger partial charge in [-0.25, -0.2) is 0 Å². The van der Waals surface area contributed by atoms with Gasteiger partial charge in [-0.15, -0.1) is 5.10 Å². The number of nitrogens with two attached hydrogens (primary N) is 1. The van der Waals surface area contributed by atoms with Crippen LogP contribution in [-0.2, 0) is 0 Å². The lowest BCUT2D eigenvalue weighted by Gasteiger charge is -2.38. The molecule has 17 heavy (non-hydrogen) atoms. The molecule has 0 radical (unpaired) electrons. The van der Waals surface area contributed by atoms with E-state index in [1.807, 2.05) is 6.07 Å². The van der Waals surface area contributed by atoms with Gasteiger partial charge in [0.2, 0.25) is 0 Å². The molecule has 1 saturated heterocycles. The molecule has 94 valence electrons. The highest BCUT2D eigenvalue weighted by molar-refractivity contribution is 6.32. The van der Waals surface area contributed by atoms with Crippen LogP contribution in [0.2, 0.25) is 5.02 Å². The number of likely N-dealkylation sites (tertiary alicyclic amines) is 1. The first-order valence-electron chi connectivity index (χ1n) is 6.14. The van der Waals surface area contributed by atoms with Gasteiger partial charge in [0.05, 0.1) is 16.8 Å². The van der Waals surface area contributed by atoms with Gasteiger partial charge >= 0.3 is 0 Å². The van der Waals surface area contributed by atoms with Crippen LogP contribution in [0.5, 0.6) is 0 Å². The second-order valence-corrected chi connectivity index (χ2v) is 5.25. The molecule has 2 rings (SSSR count). The Balaban J connectivity index is 2.26. The molecule has 2 N–H and O–H groups in total. The van der Waals surface area contributed by atoms with Crippen LogP contribution in [0.15, 0.2) is 6.07 Å². The summed E-state index contributed by atoms with van der Waals surface area (Å²) < 4.78 is 0. The maximum Gasteiger partial charge on any atom is 0.164 e. The molecule has 0 saturated carbocycles. The molecular formula is C12H19ClN4. The summed E-state index contributed by atoms with van der Waals surface area (Å²) in [5.41, 5.74) is 6.54. The van der Waals surface area contributed by atoms with Crippen molar-refractivity contribution in [2.75, 3.05) is 12.3 Å². The molecule has 0 aromatic carbocycles. The second kappa shape index (κ2) is 5.19. The quantitative estimate of drug-likeness (QED) is 0.882. The number of hydrogen-bond donors (Lipinski definition) is 1. The highest BCUT2D eigenvalue weighted by Gasteiger charge is 2.27. The summed E-state index contributed by atoms with van der Waals surface area (Å²) in [6.45, 7) is 5.54. The first-order chi connectivity index (χ1) is 8.09. The van der Waals surface area contributed by atoms with E-state index < -0.39 is 0 Å². The highest BCUT2D eigenvalue weighted by atomic mass is 35.5. The average molecular weight is 255 g/mol. The Morgan fingerprint density at radius 2 is 2.18 bits per heavy atom. The molecule has 1 atom stereocenters. The lowest BCUT2D eigenvalue weighted by Crippen LogP contribution is -2.39. The summed E-state index contributed by atoms with van der Waals surface area (Å²) in [6.07, 6.45) is 3.61. The van der Waals surface area contributed by atoms with Crippen molar-refractivity contribution >= 4 is 17.4 Å². The first-order valence-corrected chi connectivity index (χ1v) is 6.51. The Hall–Kier alpha value is -0.870. The predicted molar refractivity (Wildman–Crippen MR) is 69.9 cm³/mol. The first kappa shape index (κ1) is 12.6. The fourth-order valence-electron chi connectivity index (χ4n) is 2.44. The van der Waals surface area contributed by atoms with Crippen molar-refractivity contribution in [1.82, 2.24) is 15.1 Å². The molecule has 2 heterocycles. The molecular weight excluding hydrogens is 236 g/mol. The Kier molecular flexibility index (Phi) is 3.84. The van der Waals surface area contributed by atoms with Crippen LogP contribution >= 0.6 is 11.6 Å². The third-order valence-electron chi connectivity index (χ3n) is 3.34. The molecule has 0 amide bonds. The number of rotatable bonds is 2. The highest BCUT2D eigenvalue weighted by Crippen LogP contribution is 2.32. The number of piperidine rings is 1. The van der Waals surface area contributed by atoms with E-state index in [4.69, 9.17) is 17.3 Å². The van der Waals surface area contributed by atoms with Crippen LogP contribution in [0.1, 0.15) is 44.8 Å². The van der Waals surface area contributed by atoms with Gasteiger partial charge in [-0.2, -0.15) is 5.10 Å². The summed E-state index contributed by atoms with van der Waals surface area (Å²) >= 11 is 6.01. The van der Waals surface area contributed by atoms with Gasteiger partial charge < -0.3 is 5.73 Å². The van der Waals surface area contributed by atoms with Gasteiger partial charge in [0, 0.05) is 6.04 Å². The molecule has 1 aromatic heterocycles. The van der Waals surface area contributed by atoms with Crippen molar-refractivity contribution in [2.45, 2.75) is 45.2 Å². The fraction of sp³-hybridized carbons (Fsp3) is 0.667. The molecule has 0 spiro atoms. The molecule has 1 unspecified atom stereocenters. The van der Waals surface area contributed by atoms with E-state index in [1.54, 1.807) is 0 Å². The van der Waals surface area contributed by atoms with Gasteiger partial charge in [-0.1, -0.05) is 18.0 Å². The van der Waals surface area contributed by atoms with Crippen LogP contribution in [-0.4, -0.2) is 27.7 Å². The monoisotopic (exact) mass is 254 g/mol. The average Bonchev–Trinajstić information content (AvgIpc) is 2.32. The minimum absolute atomic E-state index is 0.308. The molecule has 4 nitrogen and oxygen atoms in total. The third-order valence-corrected chi connectivity index (χ3v) is 3.64. The zero-order valence-corrected chi connectivity index (χ0v) is 11.1. The lowest BCUT2D eigenvalue weighted by molar-refractivity contribution is 0.108. The number of nitrogen functional groups attached to an aromatic ring is 1. The Morgan fingerprint density at radius 3 is 2.82 bits per heavy atom.